The van der Waals surface area contributed by atoms with E-state index in [9.17, 15) is 0 Å². The van der Waals surface area contributed by atoms with Gasteiger partial charge >= 0.3 is 0 Å². The molecule has 16 heavy (non-hydrogen) atoms. The van der Waals surface area contributed by atoms with E-state index in [1.54, 1.807) is 0 Å². The third-order valence-corrected chi connectivity index (χ3v) is 2.65. The van der Waals surface area contributed by atoms with E-state index in [0.717, 1.165) is 6.54 Å². The maximum absolute atomic E-state index is 2.21. The highest BCUT2D eigenvalue weighted by Crippen LogP contribution is 2.21. The standard InChI is InChI=1S/C13H13N3/c1-3-9-14-10-5-6-12-16(14)15-11-4-2-8-13(15)7-1/h1-10,12H,11H2. The number of hydrazine groups is 2. The summed E-state index contributed by atoms with van der Waals surface area (Å²) in [6, 6.07) is 0. The van der Waals surface area contributed by atoms with Crippen molar-refractivity contribution < 1.29 is 0 Å². The summed E-state index contributed by atoms with van der Waals surface area (Å²) in [5.74, 6) is 0. The maximum atomic E-state index is 2.21. The number of hydrogen-bond acceptors (Lipinski definition) is 3. The molecule has 0 N–H and O–H groups in total. The Morgan fingerprint density at radius 2 is 1.69 bits per heavy atom. The molecule has 0 aliphatic carbocycles. The van der Waals surface area contributed by atoms with Crippen molar-refractivity contribution in [3.05, 3.63) is 72.9 Å². The summed E-state index contributed by atoms with van der Waals surface area (Å²) in [5, 5.41) is 6.35. The SMILES string of the molecule is C1=CCN2C(=C1)C=CC=CN1C=CC=CN12. The van der Waals surface area contributed by atoms with E-state index in [-0.39, 0.29) is 0 Å². The van der Waals surface area contributed by atoms with E-state index in [4.69, 9.17) is 0 Å². The molecule has 3 heteroatoms. The highest BCUT2D eigenvalue weighted by Gasteiger charge is 2.19. The van der Waals surface area contributed by atoms with E-state index in [1.165, 1.54) is 5.70 Å². The van der Waals surface area contributed by atoms with E-state index in [2.05, 4.69) is 51.7 Å². The summed E-state index contributed by atoms with van der Waals surface area (Å²) in [6.45, 7) is 0.888. The molecule has 3 nitrogen and oxygen atoms in total. The molecule has 3 aliphatic heterocycles. The van der Waals surface area contributed by atoms with Crippen molar-refractivity contribution in [2.45, 2.75) is 0 Å². The van der Waals surface area contributed by atoms with E-state index < -0.39 is 0 Å². The zero-order chi connectivity index (χ0) is 10.8. The monoisotopic (exact) mass is 211 g/mol. The minimum absolute atomic E-state index is 0.888. The van der Waals surface area contributed by atoms with Gasteiger partial charge in [0.1, 0.15) is 0 Å². The predicted octanol–water partition coefficient (Wildman–Crippen LogP) is 2.30. The van der Waals surface area contributed by atoms with Crippen LogP contribution in [0.4, 0.5) is 0 Å². The second kappa shape index (κ2) is 3.77. The lowest BCUT2D eigenvalue weighted by molar-refractivity contribution is -0.0622. The van der Waals surface area contributed by atoms with Crippen LogP contribution in [0.25, 0.3) is 0 Å². The number of nitrogens with zero attached hydrogens (tertiary/aromatic N) is 3. The molecule has 0 fully saturated rings. The van der Waals surface area contributed by atoms with Crippen LogP contribution >= 0.6 is 0 Å². The molecule has 0 aromatic heterocycles. The Bertz CT molecular complexity index is 452. The summed E-state index contributed by atoms with van der Waals surface area (Å²) in [6.07, 6.45) is 22.7. The normalized spacial score (nSPS) is 21.5. The summed E-state index contributed by atoms with van der Waals surface area (Å²) in [4.78, 5) is 0. The average molecular weight is 211 g/mol. The van der Waals surface area contributed by atoms with Gasteiger partial charge in [0.15, 0.2) is 0 Å². The van der Waals surface area contributed by atoms with Crippen molar-refractivity contribution in [3.63, 3.8) is 0 Å². The fraction of sp³-hybridized carbons (Fsp3) is 0.0769. The summed E-state index contributed by atoms with van der Waals surface area (Å²) >= 11 is 0. The van der Waals surface area contributed by atoms with Crippen molar-refractivity contribution in [1.82, 2.24) is 15.1 Å². The Labute approximate surface area is 95.2 Å². The Balaban J connectivity index is 2.01. The van der Waals surface area contributed by atoms with Crippen LogP contribution in [0.15, 0.2) is 72.9 Å². The fourth-order valence-electron chi connectivity index (χ4n) is 1.89. The number of hydrogen-bond donors (Lipinski definition) is 0. The number of fused-ring (bicyclic) bond motifs is 3. The molecule has 0 saturated carbocycles. The molecule has 0 spiro atoms. The Morgan fingerprint density at radius 3 is 2.62 bits per heavy atom. The van der Waals surface area contributed by atoms with Crippen LogP contribution in [0.5, 0.6) is 0 Å². The highest BCUT2D eigenvalue weighted by atomic mass is 15.8. The first-order chi connectivity index (χ1) is 7.95. The van der Waals surface area contributed by atoms with Gasteiger partial charge in [0.2, 0.25) is 0 Å². The maximum Gasteiger partial charge on any atom is 0.0599 e. The first-order valence-corrected chi connectivity index (χ1v) is 5.37. The molecule has 0 atom stereocenters. The molecule has 0 saturated heterocycles. The first kappa shape index (κ1) is 9.09. The highest BCUT2D eigenvalue weighted by molar-refractivity contribution is 5.30. The minimum atomic E-state index is 0.888. The van der Waals surface area contributed by atoms with Crippen LogP contribution in [0.3, 0.4) is 0 Å². The van der Waals surface area contributed by atoms with Crippen LogP contribution in [0, 0.1) is 0 Å². The van der Waals surface area contributed by atoms with E-state index in [0.29, 0.717) is 0 Å². The van der Waals surface area contributed by atoms with Crippen molar-refractivity contribution >= 4 is 0 Å². The van der Waals surface area contributed by atoms with Gasteiger partial charge in [0.05, 0.1) is 12.2 Å². The summed E-state index contributed by atoms with van der Waals surface area (Å²) in [7, 11) is 0. The van der Waals surface area contributed by atoms with Gasteiger partial charge in [0, 0.05) is 18.6 Å². The lowest BCUT2D eigenvalue weighted by atomic mass is 10.2. The van der Waals surface area contributed by atoms with Gasteiger partial charge < -0.3 is 0 Å². The van der Waals surface area contributed by atoms with Gasteiger partial charge in [-0.25, -0.2) is 5.01 Å². The molecule has 80 valence electrons. The van der Waals surface area contributed by atoms with Gasteiger partial charge in [-0.3, -0.25) is 5.01 Å². The molecule has 0 bridgehead atoms. The van der Waals surface area contributed by atoms with Crippen molar-refractivity contribution in [2.24, 2.45) is 0 Å². The zero-order valence-electron chi connectivity index (χ0n) is 8.90. The predicted molar refractivity (Wildman–Crippen MR) is 64.2 cm³/mol. The quantitative estimate of drug-likeness (QED) is 0.608. The number of rotatable bonds is 0. The van der Waals surface area contributed by atoms with Crippen LogP contribution in [-0.4, -0.2) is 21.7 Å². The van der Waals surface area contributed by atoms with Crippen LogP contribution in [0.1, 0.15) is 0 Å². The molecule has 3 rings (SSSR count). The van der Waals surface area contributed by atoms with E-state index >= 15 is 0 Å². The first-order valence-electron chi connectivity index (χ1n) is 5.37. The van der Waals surface area contributed by atoms with Crippen molar-refractivity contribution in [1.29, 1.82) is 0 Å². The molecule has 0 aromatic carbocycles. The molecule has 0 amide bonds. The topological polar surface area (TPSA) is 9.72 Å². The molecule has 0 aromatic rings. The Kier molecular flexibility index (Phi) is 2.14. The lowest BCUT2D eigenvalue weighted by Gasteiger charge is -2.43. The van der Waals surface area contributed by atoms with Gasteiger partial charge in [-0.05, 0) is 30.4 Å². The molecular formula is C13H13N3. The Morgan fingerprint density at radius 1 is 0.875 bits per heavy atom. The lowest BCUT2D eigenvalue weighted by Crippen LogP contribution is -2.46. The Hall–Kier alpha value is -2.16. The molecule has 0 radical (unpaired) electrons. The van der Waals surface area contributed by atoms with Crippen LogP contribution in [-0.2, 0) is 0 Å². The largest absolute Gasteiger partial charge is 0.263 e. The summed E-state index contributed by atoms with van der Waals surface area (Å²) in [5.41, 5.74) is 1.19. The van der Waals surface area contributed by atoms with Gasteiger partial charge in [0.25, 0.3) is 0 Å². The van der Waals surface area contributed by atoms with Crippen LogP contribution in [0.2, 0.25) is 0 Å². The third-order valence-electron chi connectivity index (χ3n) is 2.65. The molecule has 3 aliphatic rings. The second-order valence-corrected chi connectivity index (χ2v) is 3.69. The van der Waals surface area contributed by atoms with Crippen LogP contribution < -0.4 is 0 Å². The molecular weight excluding hydrogens is 198 g/mol. The van der Waals surface area contributed by atoms with Gasteiger partial charge in [-0.2, -0.15) is 5.12 Å². The fourth-order valence-corrected chi connectivity index (χ4v) is 1.89. The zero-order valence-corrected chi connectivity index (χ0v) is 8.90. The average Bonchev–Trinajstić information content (AvgIpc) is 2.33. The molecule has 0 unspecified atom stereocenters. The van der Waals surface area contributed by atoms with Crippen molar-refractivity contribution in [2.75, 3.05) is 6.54 Å². The third kappa shape index (κ3) is 1.46. The van der Waals surface area contributed by atoms with Crippen molar-refractivity contribution in [3.8, 4) is 0 Å². The molecule has 3 heterocycles. The van der Waals surface area contributed by atoms with Gasteiger partial charge in [-0.15, -0.1) is 0 Å². The van der Waals surface area contributed by atoms with E-state index in [1.807, 2.05) is 30.6 Å². The van der Waals surface area contributed by atoms with Gasteiger partial charge in [-0.1, -0.05) is 18.2 Å². The number of allylic oxidation sites excluding steroid dienone is 7. The smallest absolute Gasteiger partial charge is 0.0599 e. The second-order valence-electron chi connectivity index (χ2n) is 3.69. The summed E-state index contributed by atoms with van der Waals surface area (Å²) < 4.78 is 0. The minimum Gasteiger partial charge on any atom is -0.263 e.